The van der Waals surface area contributed by atoms with Crippen molar-refractivity contribution in [3.63, 3.8) is 0 Å². The van der Waals surface area contributed by atoms with E-state index >= 15 is 0 Å². The topological polar surface area (TPSA) is 49.4 Å². The summed E-state index contributed by atoms with van der Waals surface area (Å²) in [6, 6.07) is 4.89. The molecule has 7 heteroatoms. The first-order valence-corrected chi connectivity index (χ1v) is 9.90. The first-order chi connectivity index (χ1) is 10.4. The second-order valence-electron chi connectivity index (χ2n) is 5.93. The zero-order chi connectivity index (χ0) is 16.2. The molecule has 1 aromatic rings. The second-order valence-corrected chi connectivity index (χ2v) is 8.55. The van der Waals surface area contributed by atoms with Crippen molar-refractivity contribution >= 4 is 33.2 Å². The normalized spacial score (nSPS) is 17.8. The van der Waals surface area contributed by atoms with Gasteiger partial charge < -0.3 is 4.90 Å². The highest BCUT2D eigenvalue weighted by Crippen LogP contribution is 2.23. The zero-order valence-electron chi connectivity index (χ0n) is 12.7. The Morgan fingerprint density at radius 1 is 1.23 bits per heavy atom. The van der Waals surface area contributed by atoms with E-state index in [2.05, 4.69) is 16.5 Å². The Bertz CT molecular complexity index is 600. The summed E-state index contributed by atoms with van der Waals surface area (Å²) in [7, 11) is -3.35. The molecule has 1 aliphatic rings. The Hall–Kier alpha value is -0.330. The van der Waals surface area contributed by atoms with Crippen LogP contribution in [0.25, 0.3) is 0 Å². The Balaban J connectivity index is 1.79. The Kier molecular flexibility index (Phi) is 6.53. The molecule has 0 spiro atoms. The maximum Gasteiger partial charge on any atom is 0.215 e. The van der Waals surface area contributed by atoms with Crippen LogP contribution in [0.15, 0.2) is 18.2 Å². The molecule has 1 heterocycles. The SMILES string of the molecule is CC1CCN(CCNS(=O)(=O)Cc2ccc(Cl)c(Cl)c2)CC1. The number of likely N-dealkylation sites (tertiary alicyclic amines) is 1. The third-order valence-corrected chi connectivity index (χ3v) is 6.06. The van der Waals surface area contributed by atoms with E-state index in [-0.39, 0.29) is 5.75 Å². The van der Waals surface area contributed by atoms with Gasteiger partial charge in [0.15, 0.2) is 0 Å². The summed E-state index contributed by atoms with van der Waals surface area (Å²) in [6.45, 7) is 5.56. The molecule has 1 aliphatic heterocycles. The van der Waals surface area contributed by atoms with Gasteiger partial charge in [0.25, 0.3) is 0 Å². The van der Waals surface area contributed by atoms with E-state index < -0.39 is 10.0 Å². The number of hydrogen-bond donors (Lipinski definition) is 1. The molecule has 22 heavy (non-hydrogen) atoms. The Labute approximate surface area is 142 Å². The van der Waals surface area contributed by atoms with Crippen molar-refractivity contribution in [1.29, 1.82) is 0 Å². The molecule has 4 nitrogen and oxygen atoms in total. The lowest BCUT2D eigenvalue weighted by molar-refractivity contribution is 0.195. The molecular weight excluding hydrogens is 343 g/mol. The molecule has 0 aromatic heterocycles. The third-order valence-electron chi connectivity index (χ3n) is 3.97. The van der Waals surface area contributed by atoms with E-state index in [9.17, 15) is 8.42 Å². The highest BCUT2D eigenvalue weighted by molar-refractivity contribution is 7.88. The quantitative estimate of drug-likeness (QED) is 0.843. The van der Waals surface area contributed by atoms with Gasteiger partial charge >= 0.3 is 0 Å². The molecule has 1 aromatic carbocycles. The van der Waals surface area contributed by atoms with Crippen LogP contribution in [-0.2, 0) is 15.8 Å². The van der Waals surface area contributed by atoms with Gasteiger partial charge in [0.05, 0.1) is 15.8 Å². The van der Waals surface area contributed by atoms with Gasteiger partial charge in [-0.1, -0.05) is 36.2 Å². The lowest BCUT2D eigenvalue weighted by Gasteiger charge is -2.30. The van der Waals surface area contributed by atoms with Crippen LogP contribution in [0.1, 0.15) is 25.3 Å². The molecule has 0 atom stereocenters. The molecule has 1 N–H and O–H groups in total. The summed E-state index contributed by atoms with van der Waals surface area (Å²) < 4.78 is 26.8. The lowest BCUT2D eigenvalue weighted by Crippen LogP contribution is -2.39. The predicted molar refractivity (Wildman–Crippen MR) is 91.9 cm³/mol. The molecule has 0 unspecified atom stereocenters. The fraction of sp³-hybridized carbons (Fsp3) is 0.600. The number of hydrogen-bond acceptors (Lipinski definition) is 3. The van der Waals surface area contributed by atoms with E-state index in [0.29, 0.717) is 22.2 Å². The van der Waals surface area contributed by atoms with E-state index in [4.69, 9.17) is 23.2 Å². The first-order valence-electron chi connectivity index (χ1n) is 7.49. The van der Waals surface area contributed by atoms with Gasteiger partial charge in [-0.05, 0) is 49.5 Å². The molecule has 1 fully saturated rings. The highest BCUT2D eigenvalue weighted by Gasteiger charge is 2.17. The third kappa shape index (κ3) is 5.70. The van der Waals surface area contributed by atoms with Crippen LogP contribution >= 0.6 is 23.2 Å². The van der Waals surface area contributed by atoms with E-state index in [1.807, 2.05) is 0 Å². The first kappa shape index (κ1) is 18.0. The molecule has 0 bridgehead atoms. The van der Waals surface area contributed by atoms with Crippen molar-refractivity contribution in [3.8, 4) is 0 Å². The second kappa shape index (κ2) is 7.97. The lowest BCUT2D eigenvalue weighted by atomic mass is 9.99. The minimum atomic E-state index is -3.35. The van der Waals surface area contributed by atoms with Crippen LogP contribution in [0, 0.1) is 5.92 Å². The summed E-state index contributed by atoms with van der Waals surface area (Å²) in [5.41, 5.74) is 0.633. The predicted octanol–water partition coefficient (Wildman–Crippen LogP) is 3.14. The Morgan fingerprint density at radius 2 is 1.91 bits per heavy atom. The molecule has 2 rings (SSSR count). The monoisotopic (exact) mass is 364 g/mol. The van der Waals surface area contributed by atoms with Crippen LogP contribution in [0.5, 0.6) is 0 Å². The van der Waals surface area contributed by atoms with Crippen LogP contribution in [0.4, 0.5) is 0 Å². The fourth-order valence-corrected chi connectivity index (χ4v) is 3.99. The molecule has 124 valence electrons. The van der Waals surface area contributed by atoms with Gasteiger partial charge in [-0.25, -0.2) is 13.1 Å². The number of sulfonamides is 1. The molecule has 0 saturated carbocycles. The van der Waals surface area contributed by atoms with Gasteiger partial charge in [0, 0.05) is 13.1 Å². The Morgan fingerprint density at radius 3 is 2.55 bits per heavy atom. The molecule has 0 aliphatic carbocycles. The number of halogens is 2. The highest BCUT2D eigenvalue weighted by atomic mass is 35.5. The average Bonchev–Trinajstić information content (AvgIpc) is 2.45. The van der Waals surface area contributed by atoms with Gasteiger partial charge in [-0.15, -0.1) is 0 Å². The van der Waals surface area contributed by atoms with Crippen molar-refractivity contribution in [1.82, 2.24) is 9.62 Å². The largest absolute Gasteiger partial charge is 0.302 e. The van der Waals surface area contributed by atoms with Gasteiger partial charge in [0.2, 0.25) is 10.0 Å². The molecular formula is C15H22Cl2N2O2S. The number of rotatable bonds is 6. The maximum absolute atomic E-state index is 12.1. The van der Waals surface area contributed by atoms with Crippen LogP contribution in [-0.4, -0.2) is 39.5 Å². The smallest absolute Gasteiger partial charge is 0.215 e. The van der Waals surface area contributed by atoms with Crippen molar-refractivity contribution in [2.75, 3.05) is 26.2 Å². The number of benzene rings is 1. The number of piperidine rings is 1. The summed E-state index contributed by atoms with van der Waals surface area (Å²) in [6.07, 6.45) is 2.38. The van der Waals surface area contributed by atoms with Crippen LogP contribution < -0.4 is 4.72 Å². The summed E-state index contributed by atoms with van der Waals surface area (Å²) in [5, 5.41) is 0.798. The van der Waals surface area contributed by atoms with Crippen molar-refractivity contribution < 1.29 is 8.42 Å². The van der Waals surface area contributed by atoms with Crippen molar-refractivity contribution in [3.05, 3.63) is 33.8 Å². The minimum Gasteiger partial charge on any atom is -0.302 e. The summed E-state index contributed by atoms with van der Waals surface area (Å²) >= 11 is 11.7. The standard InChI is InChI=1S/C15H22Cl2N2O2S/c1-12-4-7-19(8-5-12)9-6-18-22(20,21)11-13-2-3-14(16)15(17)10-13/h2-3,10,12,18H,4-9,11H2,1H3. The number of nitrogens with one attached hydrogen (secondary N) is 1. The van der Waals surface area contributed by atoms with Gasteiger partial charge in [-0.3, -0.25) is 0 Å². The van der Waals surface area contributed by atoms with E-state index in [1.165, 1.54) is 12.8 Å². The molecule has 1 saturated heterocycles. The molecule has 0 amide bonds. The van der Waals surface area contributed by atoms with Gasteiger partial charge in [-0.2, -0.15) is 0 Å². The van der Waals surface area contributed by atoms with Gasteiger partial charge in [0.1, 0.15) is 0 Å². The van der Waals surface area contributed by atoms with E-state index in [1.54, 1.807) is 18.2 Å². The molecule has 0 radical (unpaired) electrons. The summed E-state index contributed by atoms with van der Waals surface area (Å²) in [4.78, 5) is 2.31. The fourth-order valence-electron chi connectivity index (χ4n) is 2.54. The average molecular weight is 365 g/mol. The minimum absolute atomic E-state index is 0.0824. The zero-order valence-corrected chi connectivity index (χ0v) is 15.0. The maximum atomic E-state index is 12.1. The summed E-state index contributed by atoms with van der Waals surface area (Å²) in [5.74, 6) is 0.698. The van der Waals surface area contributed by atoms with Crippen LogP contribution in [0.2, 0.25) is 10.0 Å². The van der Waals surface area contributed by atoms with Crippen molar-refractivity contribution in [2.45, 2.75) is 25.5 Å². The van der Waals surface area contributed by atoms with E-state index in [0.717, 1.165) is 25.6 Å². The van der Waals surface area contributed by atoms with Crippen LogP contribution in [0.3, 0.4) is 0 Å². The number of nitrogens with zero attached hydrogens (tertiary/aromatic N) is 1. The van der Waals surface area contributed by atoms with Crippen molar-refractivity contribution in [2.24, 2.45) is 5.92 Å².